The van der Waals surface area contributed by atoms with E-state index < -0.39 is 0 Å². The van der Waals surface area contributed by atoms with Gasteiger partial charge in [-0.05, 0) is 42.9 Å². The molecule has 1 atom stereocenters. The van der Waals surface area contributed by atoms with Crippen LogP contribution in [0.3, 0.4) is 0 Å². The lowest BCUT2D eigenvalue weighted by molar-refractivity contribution is 0.444. The minimum atomic E-state index is 0.517. The van der Waals surface area contributed by atoms with Gasteiger partial charge < -0.3 is 10.2 Å². The quantitative estimate of drug-likeness (QED) is 0.902. The molecule has 0 amide bonds. The van der Waals surface area contributed by atoms with E-state index in [1.165, 1.54) is 29.8 Å². The predicted octanol–water partition coefficient (Wildman–Crippen LogP) is 3.12. The number of nitrogens with zero attached hydrogens (tertiary/aromatic N) is 2. The predicted molar refractivity (Wildman–Crippen MR) is 81.6 cm³/mol. The van der Waals surface area contributed by atoms with Crippen LogP contribution < -0.4 is 10.2 Å². The van der Waals surface area contributed by atoms with Gasteiger partial charge in [0.15, 0.2) is 0 Å². The van der Waals surface area contributed by atoms with Crippen molar-refractivity contribution in [2.75, 3.05) is 18.0 Å². The van der Waals surface area contributed by atoms with Crippen molar-refractivity contribution in [2.24, 2.45) is 5.92 Å². The fourth-order valence-electron chi connectivity index (χ4n) is 2.76. The van der Waals surface area contributed by atoms with Crippen LogP contribution in [0.25, 0.3) is 0 Å². The molecule has 1 aromatic heterocycles. The molecule has 0 bridgehead atoms. The fraction of sp³-hybridized carbons (Fsp3) is 0.688. The average Bonchev–Trinajstić information content (AvgIpc) is 2.36. The van der Waals surface area contributed by atoms with E-state index >= 15 is 0 Å². The summed E-state index contributed by atoms with van der Waals surface area (Å²) in [6.07, 6.45) is 4.67. The number of aryl methyl sites for hydroxylation is 1. The van der Waals surface area contributed by atoms with Crippen LogP contribution >= 0.6 is 0 Å². The van der Waals surface area contributed by atoms with E-state index in [0.29, 0.717) is 6.04 Å². The lowest BCUT2D eigenvalue weighted by Gasteiger charge is -2.32. The molecule has 1 N–H and O–H groups in total. The third-order valence-corrected chi connectivity index (χ3v) is 3.78. The molecule has 0 saturated carbocycles. The van der Waals surface area contributed by atoms with Crippen LogP contribution in [0, 0.1) is 12.8 Å². The fourth-order valence-corrected chi connectivity index (χ4v) is 2.76. The summed E-state index contributed by atoms with van der Waals surface area (Å²) in [5.41, 5.74) is 2.58. The molecular weight excluding hydrogens is 234 g/mol. The molecule has 19 heavy (non-hydrogen) atoms. The van der Waals surface area contributed by atoms with Gasteiger partial charge in [0.2, 0.25) is 0 Å². The Bertz CT molecular complexity index is 414. The SMILES string of the molecule is Cc1cc(CNC(C)C)cnc1N1CCCC(C)C1. The van der Waals surface area contributed by atoms with Crippen LogP contribution in [0.15, 0.2) is 12.3 Å². The van der Waals surface area contributed by atoms with Crippen LogP contribution in [0.1, 0.15) is 44.7 Å². The van der Waals surface area contributed by atoms with E-state index in [2.05, 4.69) is 44.0 Å². The first-order chi connectivity index (χ1) is 9.06. The molecule has 1 fully saturated rings. The zero-order valence-corrected chi connectivity index (χ0v) is 12.7. The van der Waals surface area contributed by atoms with Gasteiger partial charge in [-0.1, -0.05) is 20.8 Å². The summed E-state index contributed by atoms with van der Waals surface area (Å²) in [7, 11) is 0. The molecule has 0 radical (unpaired) electrons. The average molecular weight is 261 g/mol. The van der Waals surface area contributed by atoms with Crippen LogP contribution in [0.5, 0.6) is 0 Å². The van der Waals surface area contributed by atoms with Crippen molar-refractivity contribution in [3.05, 3.63) is 23.4 Å². The summed E-state index contributed by atoms with van der Waals surface area (Å²) in [5.74, 6) is 1.97. The van der Waals surface area contributed by atoms with Gasteiger partial charge in [0.25, 0.3) is 0 Å². The Balaban J connectivity index is 2.06. The van der Waals surface area contributed by atoms with Gasteiger partial charge in [-0.2, -0.15) is 0 Å². The first-order valence-corrected chi connectivity index (χ1v) is 7.50. The molecule has 106 valence electrons. The molecule has 1 unspecified atom stereocenters. The van der Waals surface area contributed by atoms with Gasteiger partial charge in [0.05, 0.1) is 0 Å². The van der Waals surface area contributed by atoms with Crippen LogP contribution in [0.4, 0.5) is 5.82 Å². The second kappa shape index (κ2) is 6.38. The molecule has 1 aliphatic rings. The second-order valence-electron chi connectivity index (χ2n) is 6.21. The Morgan fingerprint density at radius 2 is 2.26 bits per heavy atom. The first kappa shape index (κ1) is 14.3. The number of hydrogen-bond acceptors (Lipinski definition) is 3. The number of aromatic nitrogens is 1. The minimum absolute atomic E-state index is 0.517. The van der Waals surface area contributed by atoms with Crippen molar-refractivity contribution in [2.45, 2.75) is 53.1 Å². The Hall–Kier alpha value is -1.09. The van der Waals surface area contributed by atoms with Crippen molar-refractivity contribution in [3.8, 4) is 0 Å². The molecular formula is C16H27N3. The number of piperidine rings is 1. The van der Waals surface area contributed by atoms with Crippen molar-refractivity contribution in [1.29, 1.82) is 0 Å². The van der Waals surface area contributed by atoms with E-state index in [1.807, 2.05) is 6.20 Å². The second-order valence-corrected chi connectivity index (χ2v) is 6.21. The lowest BCUT2D eigenvalue weighted by Crippen LogP contribution is -2.35. The monoisotopic (exact) mass is 261 g/mol. The summed E-state index contributed by atoms with van der Waals surface area (Å²) < 4.78 is 0. The highest BCUT2D eigenvalue weighted by atomic mass is 15.2. The lowest BCUT2D eigenvalue weighted by atomic mass is 10.00. The largest absolute Gasteiger partial charge is 0.356 e. The molecule has 0 spiro atoms. The van der Waals surface area contributed by atoms with E-state index in [0.717, 1.165) is 25.6 Å². The van der Waals surface area contributed by atoms with Crippen LogP contribution in [-0.2, 0) is 6.54 Å². The molecule has 1 aromatic rings. The number of nitrogens with one attached hydrogen (secondary N) is 1. The molecule has 0 aliphatic carbocycles. The normalized spacial score (nSPS) is 20.1. The maximum atomic E-state index is 4.70. The van der Waals surface area contributed by atoms with Crippen molar-refractivity contribution in [3.63, 3.8) is 0 Å². The molecule has 1 aliphatic heterocycles. The topological polar surface area (TPSA) is 28.2 Å². The third-order valence-electron chi connectivity index (χ3n) is 3.78. The number of pyridine rings is 1. The summed E-state index contributed by atoms with van der Waals surface area (Å²) >= 11 is 0. The van der Waals surface area contributed by atoms with Gasteiger partial charge in [-0.3, -0.25) is 0 Å². The summed E-state index contributed by atoms with van der Waals surface area (Å²) in [5, 5.41) is 3.44. The summed E-state index contributed by atoms with van der Waals surface area (Å²) in [6.45, 7) is 12.1. The van der Waals surface area contributed by atoms with Gasteiger partial charge >= 0.3 is 0 Å². The number of rotatable bonds is 4. The zero-order valence-electron chi connectivity index (χ0n) is 12.7. The molecule has 1 saturated heterocycles. The highest BCUT2D eigenvalue weighted by molar-refractivity contribution is 5.47. The standard InChI is InChI=1S/C16H27N3/c1-12(2)17-9-15-8-14(4)16(18-10-15)19-7-5-6-13(3)11-19/h8,10,12-13,17H,5-7,9,11H2,1-4H3. The number of hydrogen-bond donors (Lipinski definition) is 1. The highest BCUT2D eigenvalue weighted by Crippen LogP contribution is 2.24. The molecule has 3 heteroatoms. The third kappa shape index (κ3) is 3.93. The van der Waals surface area contributed by atoms with E-state index in [9.17, 15) is 0 Å². The first-order valence-electron chi connectivity index (χ1n) is 7.50. The molecule has 0 aromatic carbocycles. The van der Waals surface area contributed by atoms with E-state index in [1.54, 1.807) is 0 Å². The van der Waals surface area contributed by atoms with Gasteiger partial charge in [-0.25, -0.2) is 4.98 Å². The highest BCUT2D eigenvalue weighted by Gasteiger charge is 2.18. The Morgan fingerprint density at radius 1 is 1.47 bits per heavy atom. The zero-order chi connectivity index (χ0) is 13.8. The number of anilines is 1. The molecule has 2 rings (SSSR count). The summed E-state index contributed by atoms with van der Waals surface area (Å²) in [6, 6.07) is 2.79. The van der Waals surface area contributed by atoms with Crippen LogP contribution in [0.2, 0.25) is 0 Å². The van der Waals surface area contributed by atoms with Gasteiger partial charge in [0, 0.05) is 31.9 Å². The Labute approximate surface area is 117 Å². The smallest absolute Gasteiger partial charge is 0.131 e. The maximum absolute atomic E-state index is 4.70. The van der Waals surface area contributed by atoms with Gasteiger partial charge in [-0.15, -0.1) is 0 Å². The Kier molecular flexibility index (Phi) is 4.81. The summed E-state index contributed by atoms with van der Waals surface area (Å²) in [4.78, 5) is 7.15. The minimum Gasteiger partial charge on any atom is -0.356 e. The van der Waals surface area contributed by atoms with Crippen molar-refractivity contribution in [1.82, 2.24) is 10.3 Å². The molecule has 2 heterocycles. The Morgan fingerprint density at radius 3 is 2.89 bits per heavy atom. The molecule has 3 nitrogen and oxygen atoms in total. The van der Waals surface area contributed by atoms with Crippen molar-refractivity contribution >= 4 is 5.82 Å². The van der Waals surface area contributed by atoms with E-state index in [4.69, 9.17) is 4.98 Å². The van der Waals surface area contributed by atoms with Crippen LogP contribution in [-0.4, -0.2) is 24.1 Å². The van der Waals surface area contributed by atoms with Gasteiger partial charge in [0.1, 0.15) is 5.82 Å². The van der Waals surface area contributed by atoms with E-state index in [-0.39, 0.29) is 0 Å². The van der Waals surface area contributed by atoms with Crippen molar-refractivity contribution < 1.29 is 0 Å². The maximum Gasteiger partial charge on any atom is 0.131 e.